The monoisotopic (exact) mass is 940 g/mol. The number of fused-ring (bicyclic) bond motifs is 12. The summed E-state index contributed by atoms with van der Waals surface area (Å²) >= 11 is 0. The van der Waals surface area contributed by atoms with E-state index in [1.807, 2.05) is 0 Å². The molecule has 0 spiro atoms. The van der Waals surface area contributed by atoms with Gasteiger partial charge in [-0.3, -0.25) is 4.90 Å². The molecule has 12 atom stereocenters. The standard InChI is InChI=1S/C68H65N3O/c1-2-16-47(17-3-1)69-59-25-11-8-21-51(59)53-33-29-44(39-64(53)69)42-31-35-61-57(37-42)58-38-43(32-36-62(58)70(61)66-41-46-15-4-5-18-48(46)49-19-6-7-20-50(49)66)45-30-34-54-52-22-9-12-26-60(52)71(65(54)40-45)63-27-14-24-56-55-23-10-13-28-67(55)72-68(56)63/h2,5-14,16-26,28,30,32,36-37,39,41-43,49-52,54,59-61,63,65H,1,3-4,15,27,29,31,33-35,38,40H2. The molecule has 0 amide bonds. The predicted octanol–water partition coefficient (Wildman–Crippen LogP) is 15.4. The summed E-state index contributed by atoms with van der Waals surface area (Å²) in [5.74, 6) is 4.38. The average Bonchev–Trinajstić information content (AvgIpc) is 4.19. The van der Waals surface area contributed by atoms with Crippen LogP contribution in [0.5, 0.6) is 0 Å². The molecule has 1 saturated heterocycles. The molecule has 16 rings (SSSR count). The fourth-order valence-electron chi connectivity index (χ4n) is 16.7. The van der Waals surface area contributed by atoms with E-state index in [1.54, 1.807) is 39.0 Å². The largest absolute Gasteiger partial charge is 0.459 e. The van der Waals surface area contributed by atoms with Crippen LogP contribution in [0.15, 0.2) is 236 Å². The Morgan fingerprint density at radius 1 is 0.597 bits per heavy atom. The van der Waals surface area contributed by atoms with Gasteiger partial charge in [0.1, 0.15) is 11.3 Å². The lowest BCUT2D eigenvalue weighted by Gasteiger charge is -2.43. The molecule has 3 aliphatic heterocycles. The Labute approximate surface area is 426 Å². The van der Waals surface area contributed by atoms with E-state index in [1.165, 1.54) is 65.2 Å². The maximum absolute atomic E-state index is 6.85. The Morgan fingerprint density at radius 3 is 2.39 bits per heavy atom. The van der Waals surface area contributed by atoms with Crippen LogP contribution in [0.3, 0.4) is 0 Å². The number of hydrogen-bond acceptors (Lipinski definition) is 4. The van der Waals surface area contributed by atoms with Gasteiger partial charge in [0.15, 0.2) is 0 Å². The average molecular weight is 940 g/mol. The third-order valence-corrected chi connectivity index (χ3v) is 19.8. The topological polar surface area (TPSA) is 22.9 Å². The molecule has 11 aliphatic carbocycles. The minimum Gasteiger partial charge on any atom is -0.459 e. The molecule has 4 nitrogen and oxygen atoms in total. The van der Waals surface area contributed by atoms with E-state index in [-0.39, 0.29) is 6.04 Å². The van der Waals surface area contributed by atoms with Crippen molar-refractivity contribution >= 4 is 17.0 Å². The van der Waals surface area contributed by atoms with E-state index in [0.29, 0.717) is 65.6 Å². The van der Waals surface area contributed by atoms with Gasteiger partial charge in [0.05, 0.1) is 18.1 Å². The maximum Gasteiger partial charge on any atom is 0.135 e. The van der Waals surface area contributed by atoms with Crippen molar-refractivity contribution in [3.8, 4) is 0 Å². The van der Waals surface area contributed by atoms with Crippen molar-refractivity contribution in [2.24, 2.45) is 41.4 Å². The lowest BCUT2D eigenvalue weighted by atomic mass is 9.72. The number of para-hydroxylation sites is 1. The number of hydrogen-bond donors (Lipinski definition) is 0. The lowest BCUT2D eigenvalue weighted by molar-refractivity contribution is 0.114. The summed E-state index contributed by atoms with van der Waals surface area (Å²) in [6.45, 7) is 0. The van der Waals surface area contributed by atoms with Gasteiger partial charge in [0.2, 0.25) is 0 Å². The van der Waals surface area contributed by atoms with Crippen molar-refractivity contribution < 1.29 is 4.42 Å². The molecule has 1 aromatic heterocycles. The predicted molar refractivity (Wildman–Crippen MR) is 292 cm³/mol. The third kappa shape index (κ3) is 6.33. The summed E-state index contributed by atoms with van der Waals surface area (Å²) in [6, 6.07) is 10.5. The van der Waals surface area contributed by atoms with Crippen LogP contribution in [0.2, 0.25) is 0 Å². The Morgan fingerprint density at radius 2 is 1.46 bits per heavy atom. The van der Waals surface area contributed by atoms with E-state index in [9.17, 15) is 0 Å². The van der Waals surface area contributed by atoms with Crippen molar-refractivity contribution in [2.45, 2.75) is 107 Å². The molecular weight excluding hydrogens is 875 g/mol. The highest BCUT2D eigenvalue weighted by Crippen LogP contribution is 2.57. The van der Waals surface area contributed by atoms with Crippen molar-refractivity contribution in [3.05, 3.63) is 243 Å². The van der Waals surface area contributed by atoms with E-state index >= 15 is 0 Å². The molecule has 4 heterocycles. The van der Waals surface area contributed by atoms with E-state index in [0.717, 1.165) is 56.9 Å². The number of allylic oxidation sites excluding steroid dienone is 22. The smallest absolute Gasteiger partial charge is 0.135 e. The van der Waals surface area contributed by atoms with Gasteiger partial charge < -0.3 is 14.2 Å². The number of benzene rings is 1. The number of nitrogens with zero attached hydrogens (tertiary/aromatic N) is 3. The molecule has 358 valence electrons. The van der Waals surface area contributed by atoms with Gasteiger partial charge in [-0.1, -0.05) is 157 Å². The Bertz CT molecular complexity index is 3300. The molecule has 1 aromatic carbocycles. The van der Waals surface area contributed by atoms with Gasteiger partial charge >= 0.3 is 0 Å². The van der Waals surface area contributed by atoms with Gasteiger partial charge in [-0.25, -0.2) is 0 Å². The number of rotatable bonds is 5. The second kappa shape index (κ2) is 16.6. The first-order chi connectivity index (χ1) is 35.7. The van der Waals surface area contributed by atoms with Crippen molar-refractivity contribution in [2.75, 3.05) is 0 Å². The summed E-state index contributed by atoms with van der Waals surface area (Å²) in [7, 11) is 0. The first-order valence-corrected chi connectivity index (χ1v) is 28.0. The van der Waals surface area contributed by atoms with E-state index < -0.39 is 0 Å². The van der Waals surface area contributed by atoms with Gasteiger partial charge in [-0.05, 0) is 147 Å². The van der Waals surface area contributed by atoms with Crippen molar-refractivity contribution in [3.63, 3.8) is 0 Å². The van der Waals surface area contributed by atoms with Gasteiger partial charge in [-0.2, -0.15) is 0 Å². The zero-order valence-electron chi connectivity index (χ0n) is 41.4. The quantitative estimate of drug-likeness (QED) is 0.279. The summed E-state index contributed by atoms with van der Waals surface area (Å²) in [5.41, 5.74) is 19.5. The molecule has 14 aliphatic rings. The maximum atomic E-state index is 6.85. The molecule has 0 saturated carbocycles. The molecular formula is C68H65N3O. The highest BCUT2D eigenvalue weighted by Gasteiger charge is 2.53. The highest BCUT2D eigenvalue weighted by atomic mass is 16.3. The molecule has 2 aromatic rings. The van der Waals surface area contributed by atoms with Crippen LogP contribution in [0.4, 0.5) is 0 Å². The zero-order valence-corrected chi connectivity index (χ0v) is 41.4. The first kappa shape index (κ1) is 42.2. The van der Waals surface area contributed by atoms with Gasteiger partial charge in [0, 0.05) is 75.4 Å². The zero-order chi connectivity index (χ0) is 47.0. The van der Waals surface area contributed by atoms with Gasteiger partial charge in [-0.15, -0.1) is 0 Å². The van der Waals surface area contributed by atoms with Crippen molar-refractivity contribution in [1.29, 1.82) is 0 Å². The molecule has 72 heavy (non-hydrogen) atoms. The SMILES string of the molecule is C1=CC2C(N3C4=C(CC(C5=CCC6C7C=CC=CC7N(C7CC=Cc8c7oc7ccccc87)C6C5)C=C4)C4=CC(C5=CC6=C(CC5)C5C=CC=CC5N6C5=CCCC=C5)CCC43)=CC3=C(C=CCC3)C2C=C1. The second-order valence-corrected chi connectivity index (χ2v) is 23.2. The highest BCUT2D eigenvalue weighted by molar-refractivity contribution is 5.89. The van der Waals surface area contributed by atoms with Crippen LogP contribution in [0.1, 0.15) is 94.4 Å². The van der Waals surface area contributed by atoms with E-state index in [4.69, 9.17) is 4.42 Å². The normalized spacial score (nSPS) is 36.4. The molecule has 0 bridgehead atoms. The van der Waals surface area contributed by atoms with Crippen LogP contribution in [-0.2, 0) is 0 Å². The molecule has 12 unspecified atom stereocenters. The lowest BCUT2D eigenvalue weighted by Crippen LogP contribution is -2.42. The second-order valence-electron chi connectivity index (χ2n) is 23.2. The molecule has 0 radical (unpaired) electrons. The summed E-state index contributed by atoms with van der Waals surface area (Å²) in [4.78, 5) is 8.53. The molecule has 4 heteroatoms. The number of likely N-dealkylation sites (tertiary alicyclic amines) is 1. The van der Waals surface area contributed by atoms with Crippen LogP contribution in [0, 0.1) is 41.4 Å². The fourth-order valence-corrected chi connectivity index (χ4v) is 16.7. The Hall–Kier alpha value is -6.36. The Balaban J connectivity index is 0.762. The summed E-state index contributed by atoms with van der Waals surface area (Å²) in [5, 5.41) is 1.25. The summed E-state index contributed by atoms with van der Waals surface area (Å²) < 4.78 is 6.85. The van der Waals surface area contributed by atoms with E-state index in [2.05, 4.69) is 191 Å². The molecule has 0 N–H and O–H groups in total. The van der Waals surface area contributed by atoms with Gasteiger partial charge in [0.25, 0.3) is 0 Å². The minimum absolute atomic E-state index is 0.233. The molecule has 1 fully saturated rings. The van der Waals surface area contributed by atoms with Crippen LogP contribution >= 0.6 is 0 Å². The first-order valence-electron chi connectivity index (χ1n) is 28.0. The summed E-state index contributed by atoms with van der Waals surface area (Å²) in [6.07, 6.45) is 75.5. The minimum atomic E-state index is 0.233. The van der Waals surface area contributed by atoms with Crippen LogP contribution in [-0.4, -0.2) is 38.9 Å². The third-order valence-electron chi connectivity index (χ3n) is 19.8. The van der Waals surface area contributed by atoms with Crippen molar-refractivity contribution in [1.82, 2.24) is 14.7 Å². The van der Waals surface area contributed by atoms with Crippen LogP contribution < -0.4 is 0 Å². The number of furan rings is 1. The van der Waals surface area contributed by atoms with Crippen LogP contribution in [0.25, 0.3) is 17.0 Å². The fraction of sp³-hybridized carbons (Fsp3) is 0.353. The Kier molecular flexibility index (Phi) is 9.72.